The summed E-state index contributed by atoms with van der Waals surface area (Å²) in [6, 6.07) is 5.04. The van der Waals surface area contributed by atoms with E-state index in [1.807, 2.05) is 12.1 Å². The van der Waals surface area contributed by atoms with Crippen LogP contribution in [0.4, 0.5) is 9.18 Å². The monoisotopic (exact) mass is 403 g/mol. The molecular weight excluding hydrogens is 393 g/mol. The van der Waals surface area contributed by atoms with Crippen LogP contribution in [0, 0.1) is 5.82 Å². The maximum absolute atomic E-state index is 14.0. The average Bonchev–Trinajstić information content (AvgIpc) is 2.41. The van der Waals surface area contributed by atoms with E-state index < -0.39 is 6.09 Å². The number of carbonyl (C=O) groups is 1. The van der Waals surface area contributed by atoms with Crippen LogP contribution >= 0.6 is 31.9 Å². The van der Waals surface area contributed by atoms with E-state index in [1.54, 1.807) is 12.1 Å². The van der Waals surface area contributed by atoms with Gasteiger partial charge in [0, 0.05) is 18.7 Å². The third kappa shape index (κ3) is 3.70. The van der Waals surface area contributed by atoms with Gasteiger partial charge in [-0.25, -0.2) is 9.18 Å². The molecule has 1 aliphatic rings. The smallest absolute Gasteiger partial charge is 0.407 e. The number of carboxylic acid groups (broad SMARTS) is 1. The van der Waals surface area contributed by atoms with Crippen LogP contribution in [0.2, 0.25) is 0 Å². The van der Waals surface area contributed by atoms with Gasteiger partial charge in [0.2, 0.25) is 0 Å². The van der Waals surface area contributed by atoms with Crippen LogP contribution in [0.25, 0.3) is 11.6 Å². The molecule has 106 valence electrons. The van der Waals surface area contributed by atoms with E-state index in [-0.39, 0.29) is 5.82 Å². The zero-order chi connectivity index (χ0) is 14.7. The lowest BCUT2D eigenvalue weighted by Gasteiger charge is -2.23. The summed E-state index contributed by atoms with van der Waals surface area (Å²) in [4.78, 5) is 12.2. The lowest BCUT2D eigenvalue weighted by molar-refractivity contribution is 0.150. The van der Waals surface area contributed by atoms with Gasteiger partial charge < -0.3 is 10.0 Å². The van der Waals surface area contributed by atoms with Gasteiger partial charge in [-0.3, -0.25) is 0 Å². The SMILES string of the molecule is O=C(O)N1CC=C(c2ccc(C=C(Br)Br)c(F)c2)CC1. The Morgan fingerprint density at radius 1 is 1.40 bits per heavy atom. The molecule has 0 unspecified atom stereocenters. The molecule has 0 bridgehead atoms. The summed E-state index contributed by atoms with van der Waals surface area (Å²) in [7, 11) is 0. The van der Waals surface area contributed by atoms with E-state index in [0.29, 0.717) is 28.5 Å². The van der Waals surface area contributed by atoms with E-state index in [1.165, 1.54) is 11.0 Å². The molecule has 1 aromatic rings. The Morgan fingerprint density at radius 2 is 2.15 bits per heavy atom. The van der Waals surface area contributed by atoms with Crippen LogP contribution in [-0.2, 0) is 0 Å². The summed E-state index contributed by atoms with van der Waals surface area (Å²) in [6.45, 7) is 0.790. The highest BCUT2D eigenvalue weighted by molar-refractivity contribution is 9.28. The molecule has 1 aromatic carbocycles. The van der Waals surface area contributed by atoms with Gasteiger partial charge in [-0.05, 0) is 61.6 Å². The maximum atomic E-state index is 14.0. The van der Waals surface area contributed by atoms with Gasteiger partial charge in [-0.15, -0.1) is 0 Å². The third-order valence-electron chi connectivity index (χ3n) is 3.12. The first-order chi connectivity index (χ1) is 9.47. The number of rotatable bonds is 2. The first-order valence-corrected chi connectivity index (χ1v) is 7.55. The van der Waals surface area contributed by atoms with Gasteiger partial charge in [0.05, 0.1) is 3.39 Å². The van der Waals surface area contributed by atoms with Gasteiger partial charge in [0.15, 0.2) is 0 Å². The second kappa shape index (κ2) is 6.54. The minimum atomic E-state index is -0.922. The van der Waals surface area contributed by atoms with Crippen LogP contribution < -0.4 is 0 Å². The van der Waals surface area contributed by atoms with Crippen LogP contribution in [0.15, 0.2) is 27.7 Å². The van der Waals surface area contributed by atoms with E-state index in [2.05, 4.69) is 31.9 Å². The summed E-state index contributed by atoms with van der Waals surface area (Å²) in [5, 5.41) is 8.88. The molecule has 0 atom stereocenters. The molecule has 20 heavy (non-hydrogen) atoms. The van der Waals surface area contributed by atoms with Crippen molar-refractivity contribution in [2.45, 2.75) is 6.42 Å². The predicted octanol–water partition coefficient (Wildman–Crippen LogP) is 4.68. The lowest BCUT2D eigenvalue weighted by Crippen LogP contribution is -2.33. The van der Waals surface area contributed by atoms with E-state index >= 15 is 0 Å². The molecular formula is C14H12Br2FNO2. The normalized spacial score (nSPS) is 14.8. The van der Waals surface area contributed by atoms with Crippen molar-refractivity contribution in [3.05, 3.63) is 44.6 Å². The van der Waals surface area contributed by atoms with Gasteiger partial charge in [-0.2, -0.15) is 0 Å². The minimum absolute atomic E-state index is 0.305. The molecule has 3 nitrogen and oxygen atoms in total. The average molecular weight is 405 g/mol. The van der Waals surface area contributed by atoms with E-state index in [4.69, 9.17) is 5.11 Å². The van der Waals surface area contributed by atoms with Crippen molar-refractivity contribution in [3.63, 3.8) is 0 Å². The summed E-state index contributed by atoms with van der Waals surface area (Å²) < 4.78 is 14.6. The van der Waals surface area contributed by atoms with Crippen LogP contribution in [0.3, 0.4) is 0 Å². The van der Waals surface area contributed by atoms with Crippen LogP contribution in [-0.4, -0.2) is 29.2 Å². The Hall–Kier alpha value is -1.14. The zero-order valence-electron chi connectivity index (χ0n) is 10.4. The van der Waals surface area contributed by atoms with Gasteiger partial charge in [0.1, 0.15) is 5.82 Å². The largest absolute Gasteiger partial charge is 0.465 e. The Kier molecular flexibility index (Phi) is 4.99. The van der Waals surface area contributed by atoms with Crippen LogP contribution in [0.1, 0.15) is 17.5 Å². The van der Waals surface area contributed by atoms with Crippen LogP contribution in [0.5, 0.6) is 0 Å². The number of amides is 1. The molecule has 1 heterocycles. The summed E-state index contributed by atoms with van der Waals surface area (Å²) in [5.74, 6) is -0.305. The molecule has 0 radical (unpaired) electrons. The zero-order valence-corrected chi connectivity index (χ0v) is 13.6. The molecule has 1 aliphatic heterocycles. The van der Waals surface area contributed by atoms with Gasteiger partial charge in [-0.1, -0.05) is 18.2 Å². The van der Waals surface area contributed by atoms with E-state index in [9.17, 15) is 9.18 Å². The van der Waals surface area contributed by atoms with E-state index in [0.717, 1.165) is 11.1 Å². The number of hydrogen-bond acceptors (Lipinski definition) is 1. The third-order valence-corrected chi connectivity index (χ3v) is 3.57. The Morgan fingerprint density at radius 3 is 2.65 bits per heavy atom. The predicted molar refractivity (Wildman–Crippen MR) is 84.4 cm³/mol. The highest BCUT2D eigenvalue weighted by Gasteiger charge is 2.17. The van der Waals surface area contributed by atoms with Gasteiger partial charge in [0.25, 0.3) is 0 Å². The van der Waals surface area contributed by atoms with Crippen molar-refractivity contribution in [3.8, 4) is 0 Å². The number of benzene rings is 1. The molecule has 6 heteroatoms. The van der Waals surface area contributed by atoms with Crippen molar-refractivity contribution >= 4 is 49.6 Å². The molecule has 0 fully saturated rings. The summed E-state index contributed by atoms with van der Waals surface area (Å²) >= 11 is 6.40. The topological polar surface area (TPSA) is 40.5 Å². The fraction of sp³-hybridized carbons (Fsp3) is 0.214. The van der Waals surface area contributed by atoms with Crippen molar-refractivity contribution in [1.82, 2.24) is 4.90 Å². The minimum Gasteiger partial charge on any atom is -0.465 e. The summed E-state index contributed by atoms with van der Waals surface area (Å²) in [5.41, 5.74) is 2.27. The number of nitrogens with zero attached hydrogens (tertiary/aromatic N) is 1. The Bertz CT molecular complexity index is 595. The molecule has 1 amide bonds. The second-order valence-electron chi connectivity index (χ2n) is 4.38. The Labute approximate surface area is 133 Å². The van der Waals surface area contributed by atoms with Gasteiger partial charge >= 0.3 is 6.09 Å². The van der Waals surface area contributed by atoms with Crippen molar-refractivity contribution in [1.29, 1.82) is 0 Å². The van der Waals surface area contributed by atoms with Crippen molar-refractivity contribution in [2.24, 2.45) is 0 Å². The lowest BCUT2D eigenvalue weighted by atomic mass is 9.98. The van der Waals surface area contributed by atoms with Crippen molar-refractivity contribution < 1.29 is 14.3 Å². The highest BCUT2D eigenvalue weighted by atomic mass is 79.9. The molecule has 1 N–H and O–H groups in total. The number of hydrogen-bond donors (Lipinski definition) is 1. The maximum Gasteiger partial charge on any atom is 0.407 e. The molecule has 0 spiro atoms. The molecule has 0 saturated carbocycles. The standard InChI is InChI=1S/C14H12Br2FNO2/c15-13(16)8-11-2-1-10(7-12(11)17)9-3-5-18(6-4-9)14(19)20/h1-3,7-8H,4-6H2,(H,19,20). The summed E-state index contributed by atoms with van der Waals surface area (Å²) in [6.07, 6.45) is 3.15. The first-order valence-electron chi connectivity index (χ1n) is 5.97. The first kappa shape index (κ1) is 15.3. The van der Waals surface area contributed by atoms with Crippen molar-refractivity contribution in [2.75, 3.05) is 13.1 Å². The second-order valence-corrected chi connectivity index (χ2v) is 7.15. The fourth-order valence-corrected chi connectivity index (χ4v) is 2.56. The number of halogens is 3. The molecule has 0 aliphatic carbocycles. The quantitative estimate of drug-likeness (QED) is 0.777. The fourth-order valence-electron chi connectivity index (χ4n) is 2.07. The molecule has 2 rings (SSSR count). The molecule has 0 aromatic heterocycles. The molecule has 0 saturated heterocycles. The Balaban J connectivity index is 2.21. The highest BCUT2D eigenvalue weighted by Crippen LogP contribution is 2.26.